The van der Waals surface area contributed by atoms with Crippen molar-refractivity contribution in [3.63, 3.8) is 0 Å². The van der Waals surface area contributed by atoms with E-state index < -0.39 is 35.4 Å². The van der Waals surface area contributed by atoms with Crippen LogP contribution in [0.2, 0.25) is 0 Å². The highest BCUT2D eigenvalue weighted by atomic mass is 19.4. The molecule has 1 aliphatic heterocycles. The molecule has 2 rings (SSSR count). The Bertz CT molecular complexity index is 590. The van der Waals surface area contributed by atoms with Crippen LogP contribution >= 0.6 is 0 Å². The minimum Gasteiger partial charge on any atom is -0.469 e. The monoisotopic (exact) mass is 341 g/mol. The van der Waals surface area contributed by atoms with Crippen molar-refractivity contribution in [2.45, 2.75) is 18.9 Å². The maximum atomic E-state index is 13.0. The van der Waals surface area contributed by atoms with Gasteiger partial charge >= 0.3 is 18.3 Å². The lowest BCUT2D eigenvalue weighted by atomic mass is 9.97. The minimum atomic E-state index is -4.89. The molecule has 0 spiro atoms. The van der Waals surface area contributed by atoms with Crippen molar-refractivity contribution < 1.29 is 35.9 Å². The molecule has 0 radical (unpaired) electrons. The topological polar surface area (TPSA) is 29.5 Å². The molecular formula is C14H13F6NO2. The first-order valence-electron chi connectivity index (χ1n) is 6.60. The third-order valence-electron chi connectivity index (χ3n) is 3.63. The standard InChI is InChI=1S/C14H13F6NO2/c1-23-12(22)9-6-21(7-9)5-8-2-3-10(13(15,16)17)4-11(8)14(18,19)20/h2-4,9H,5-7H2,1H3. The molecule has 1 aliphatic rings. The van der Waals surface area contributed by atoms with Gasteiger partial charge in [-0.15, -0.1) is 0 Å². The molecule has 23 heavy (non-hydrogen) atoms. The summed E-state index contributed by atoms with van der Waals surface area (Å²) < 4.78 is 81.2. The first kappa shape index (κ1) is 17.6. The Labute approximate surface area is 127 Å². The van der Waals surface area contributed by atoms with Crippen molar-refractivity contribution in [3.8, 4) is 0 Å². The number of hydrogen-bond acceptors (Lipinski definition) is 3. The summed E-state index contributed by atoms with van der Waals surface area (Å²) >= 11 is 0. The summed E-state index contributed by atoms with van der Waals surface area (Å²) in [5, 5.41) is 0. The molecule has 0 saturated carbocycles. The molecule has 128 valence electrons. The van der Waals surface area contributed by atoms with Crippen LogP contribution in [0.1, 0.15) is 16.7 Å². The molecule has 1 heterocycles. The second kappa shape index (κ2) is 6.03. The van der Waals surface area contributed by atoms with Gasteiger partial charge in [-0.1, -0.05) is 6.07 Å². The van der Waals surface area contributed by atoms with E-state index >= 15 is 0 Å². The van der Waals surface area contributed by atoms with Crippen molar-refractivity contribution in [2.24, 2.45) is 5.92 Å². The maximum absolute atomic E-state index is 13.0. The van der Waals surface area contributed by atoms with Crippen LogP contribution in [0.25, 0.3) is 0 Å². The summed E-state index contributed by atoms with van der Waals surface area (Å²) in [7, 11) is 1.21. The third kappa shape index (κ3) is 3.95. The van der Waals surface area contributed by atoms with Gasteiger partial charge in [0.05, 0.1) is 24.2 Å². The molecule has 0 unspecified atom stereocenters. The fourth-order valence-corrected chi connectivity index (χ4v) is 2.41. The summed E-state index contributed by atoms with van der Waals surface area (Å²) in [5.41, 5.74) is -2.91. The number of ether oxygens (including phenoxy) is 1. The number of carbonyl (C=O) groups is 1. The number of nitrogens with zero attached hydrogens (tertiary/aromatic N) is 1. The van der Waals surface area contributed by atoms with E-state index in [1.807, 2.05) is 0 Å². The SMILES string of the molecule is COC(=O)C1CN(Cc2ccc(C(F)(F)F)cc2C(F)(F)F)C1. The molecule has 0 aromatic heterocycles. The first-order chi connectivity index (χ1) is 10.5. The molecule has 1 fully saturated rings. The van der Waals surface area contributed by atoms with Gasteiger partial charge in [-0.05, 0) is 17.7 Å². The molecule has 3 nitrogen and oxygen atoms in total. The Morgan fingerprint density at radius 3 is 2.26 bits per heavy atom. The second-order valence-corrected chi connectivity index (χ2v) is 5.28. The van der Waals surface area contributed by atoms with Crippen LogP contribution in [0, 0.1) is 5.92 Å². The zero-order valence-corrected chi connectivity index (χ0v) is 12.0. The molecular weight excluding hydrogens is 328 g/mol. The fourth-order valence-electron chi connectivity index (χ4n) is 2.41. The quantitative estimate of drug-likeness (QED) is 0.624. The van der Waals surface area contributed by atoms with E-state index in [1.54, 1.807) is 4.90 Å². The number of rotatable bonds is 3. The van der Waals surface area contributed by atoms with Gasteiger partial charge in [0.2, 0.25) is 0 Å². The van der Waals surface area contributed by atoms with E-state index in [4.69, 9.17) is 0 Å². The number of hydrogen-bond donors (Lipinski definition) is 0. The van der Waals surface area contributed by atoms with E-state index in [0.29, 0.717) is 6.07 Å². The summed E-state index contributed by atoms with van der Waals surface area (Å²) in [6, 6.07) is 1.58. The van der Waals surface area contributed by atoms with Gasteiger partial charge in [0.25, 0.3) is 0 Å². The van der Waals surface area contributed by atoms with Gasteiger partial charge in [-0.2, -0.15) is 26.3 Å². The maximum Gasteiger partial charge on any atom is 0.416 e. The number of benzene rings is 1. The van der Waals surface area contributed by atoms with Gasteiger partial charge in [-0.25, -0.2) is 0 Å². The van der Waals surface area contributed by atoms with E-state index in [-0.39, 0.29) is 31.3 Å². The Hall–Kier alpha value is -1.77. The Morgan fingerprint density at radius 1 is 1.17 bits per heavy atom. The normalized spacial score (nSPS) is 17.0. The van der Waals surface area contributed by atoms with E-state index in [2.05, 4.69) is 4.74 Å². The number of likely N-dealkylation sites (tertiary alicyclic amines) is 1. The summed E-state index contributed by atoms with van der Waals surface area (Å²) in [6.07, 6.45) is -9.73. The molecule has 0 atom stereocenters. The van der Waals surface area contributed by atoms with Crippen molar-refractivity contribution >= 4 is 5.97 Å². The van der Waals surface area contributed by atoms with Crippen molar-refractivity contribution in [1.29, 1.82) is 0 Å². The molecule has 0 aliphatic carbocycles. The minimum absolute atomic E-state index is 0.118. The van der Waals surface area contributed by atoms with Crippen LogP contribution in [0.15, 0.2) is 18.2 Å². The number of carbonyl (C=O) groups excluding carboxylic acids is 1. The Kier molecular flexibility index (Phi) is 4.61. The highest BCUT2D eigenvalue weighted by Crippen LogP contribution is 2.38. The molecule has 1 aromatic rings. The lowest BCUT2D eigenvalue weighted by Gasteiger charge is -2.37. The average Bonchev–Trinajstić information content (AvgIpc) is 2.39. The van der Waals surface area contributed by atoms with Gasteiger partial charge in [-0.3, -0.25) is 9.69 Å². The van der Waals surface area contributed by atoms with Gasteiger partial charge in [0, 0.05) is 19.6 Å². The number of methoxy groups -OCH3 is 1. The number of alkyl halides is 6. The van der Waals surface area contributed by atoms with Gasteiger partial charge in [0.15, 0.2) is 0 Å². The molecule has 1 aromatic carbocycles. The molecule has 0 amide bonds. The van der Waals surface area contributed by atoms with Crippen molar-refractivity contribution in [3.05, 3.63) is 34.9 Å². The predicted molar refractivity (Wildman–Crippen MR) is 67.2 cm³/mol. The lowest BCUT2D eigenvalue weighted by Crippen LogP contribution is -2.50. The van der Waals surface area contributed by atoms with Crippen LogP contribution < -0.4 is 0 Å². The lowest BCUT2D eigenvalue weighted by molar-refractivity contribution is -0.152. The second-order valence-electron chi connectivity index (χ2n) is 5.28. The predicted octanol–water partition coefficient (Wildman–Crippen LogP) is 3.33. The van der Waals surface area contributed by atoms with Crippen LogP contribution in [0.5, 0.6) is 0 Å². The zero-order chi connectivity index (χ0) is 17.4. The highest BCUT2D eigenvalue weighted by Gasteiger charge is 2.39. The molecule has 0 bridgehead atoms. The third-order valence-corrected chi connectivity index (χ3v) is 3.63. The van der Waals surface area contributed by atoms with Gasteiger partial charge < -0.3 is 4.74 Å². The van der Waals surface area contributed by atoms with Crippen LogP contribution in [-0.2, 0) is 28.4 Å². The summed E-state index contributed by atoms with van der Waals surface area (Å²) in [4.78, 5) is 12.8. The molecule has 0 N–H and O–H groups in total. The van der Waals surface area contributed by atoms with Crippen molar-refractivity contribution in [2.75, 3.05) is 20.2 Å². The van der Waals surface area contributed by atoms with E-state index in [9.17, 15) is 31.1 Å². The van der Waals surface area contributed by atoms with Crippen LogP contribution in [0.4, 0.5) is 26.3 Å². The first-order valence-corrected chi connectivity index (χ1v) is 6.60. The van der Waals surface area contributed by atoms with E-state index in [1.165, 1.54) is 7.11 Å². The molecule has 9 heteroatoms. The number of esters is 1. The highest BCUT2D eigenvalue weighted by molar-refractivity contribution is 5.73. The van der Waals surface area contributed by atoms with Crippen molar-refractivity contribution in [1.82, 2.24) is 4.90 Å². The van der Waals surface area contributed by atoms with Crippen LogP contribution in [0.3, 0.4) is 0 Å². The van der Waals surface area contributed by atoms with E-state index in [0.717, 1.165) is 6.07 Å². The summed E-state index contributed by atoms with van der Waals surface area (Å²) in [6.45, 7) is 0.246. The average molecular weight is 341 g/mol. The Morgan fingerprint density at radius 2 is 1.78 bits per heavy atom. The Balaban J connectivity index is 2.18. The smallest absolute Gasteiger partial charge is 0.416 e. The van der Waals surface area contributed by atoms with Gasteiger partial charge in [0.1, 0.15) is 0 Å². The number of halogens is 6. The fraction of sp³-hybridized carbons (Fsp3) is 0.500. The molecule has 1 saturated heterocycles. The van der Waals surface area contributed by atoms with Crippen LogP contribution in [-0.4, -0.2) is 31.1 Å². The largest absolute Gasteiger partial charge is 0.469 e. The zero-order valence-electron chi connectivity index (χ0n) is 12.0. The summed E-state index contributed by atoms with van der Waals surface area (Å²) in [5.74, 6) is -0.867.